The summed E-state index contributed by atoms with van der Waals surface area (Å²) >= 11 is 0. The van der Waals surface area contributed by atoms with Crippen LogP contribution in [0.5, 0.6) is 0 Å². The van der Waals surface area contributed by atoms with Gasteiger partial charge in [0, 0.05) is 0 Å². The summed E-state index contributed by atoms with van der Waals surface area (Å²) < 4.78 is 10.3. The molecule has 1 unspecified atom stereocenters. The quantitative estimate of drug-likeness (QED) is 0.774. The zero-order valence-corrected chi connectivity index (χ0v) is 10.7. The Morgan fingerprint density at radius 3 is 2.94 bits per heavy atom. The molecule has 5 nitrogen and oxygen atoms in total. The molecule has 1 aromatic carbocycles. The fourth-order valence-electron chi connectivity index (χ4n) is 1.91. The van der Waals surface area contributed by atoms with Gasteiger partial charge in [0.1, 0.15) is 11.6 Å². The lowest BCUT2D eigenvalue weighted by molar-refractivity contribution is -0.148. The lowest BCUT2D eigenvalue weighted by Crippen LogP contribution is -2.29. The van der Waals surface area contributed by atoms with Crippen molar-refractivity contribution in [2.75, 3.05) is 20.7 Å². The number of nitrogens with zero attached hydrogens (tertiary/aromatic N) is 2. The predicted octanol–water partition coefficient (Wildman–Crippen LogP) is 1.99. The average molecular weight is 248 g/mol. The van der Waals surface area contributed by atoms with Crippen molar-refractivity contribution in [2.24, 2.45) is 0 Å². The van der Waals surface area contributed by atoms with E-state index < -0.39 is 6.04 Å². The van der Waals surface area contributed by atoms with E-state index in [9.17, 15) is 4.79 Å². The van der Waals surface area contributed by atoms with Crippen LogP contribution in [0, 0.1) is 0 Å². The Hall–Kier alpha value is -1.88. The van der Waals surface area contributed by atoms with Crippen molar-refractivity contribution in [3.63, 3.8) is 0 Å². The van der Waals surface area contributed by atoms with Crippen LogP contribution in [-0.2, 0) is 9.53 Å². The van der Waals surface area contributed by atoms with Crippen molar-refractivity contribution < 1.29 is 13.9 Å². The Bertz CT molecular complexity index is 548. The highest BCUT2D eigenvalue weighted by Crippen LogP contribution is 2.23. The second-order valence-electron chi connectivity index (χ2n) is 4.20. The van der Waals surface area contributed by atoms with Crippen LogP contribution in [0.4, 0.5) is 0 Å². The van der Waals surface area contributed by atoms with Gasteiger partial charge in [-0.2, -0.15) is 0 Å². The molecular weight excluding hydrogens is 232 g/mol. The van der Waals surface area contributed by atoms with Crippen molar-refractivity contribution >= 4 is 17.1 Å². The molecule has 0 spiro atoms. The molecule has 1 atom stereocenters. The van der Waals surface area contributed by atoms with Gasteiger partial charge < -0.3 is 9.15 Å². The normalized spacial score (nSPS) is 12.9. The third-order valence-corrected chi connectivity index (χ3v) is 2.70. The zero-order valence-electron chi connectivity index (χ0n) is 10.7. The number of aromatic nitrogens is 1. The van der Waals surface area contributed by atoms with Gasteiger partial charge in [0.2, 0.25) is 0 Å². The summed E-state index contributed by atoms with van der Waals surface area (Å²) in [5, 5.41) is 0. The first-order chi connectivity index (χ1) is 8.63. The second kappa shape index (κ2) is 5.18. The maximum absolute atomic E-state index is 11.9. The molecule has 0 N–H and O–H groups in total. The molecule has 0 amide bonds. The first kappa shape index (κ1) is 12.6. The Labute approximate surface area is 105 Å². The minimum absolute atomic E-state index is 0.263. The number of carbonyl (C=O) groups is 1. The van der Waals surface area contributed by atoms with Gasteiger partial charge in [-0.05, 0) is 38.7 Å². The summed E-state index contributed by atoms with van der Waals surface area (Å²) in [4.78, 5) is 17.8. The van der Waals surface area contributed by atoms with Gasteiger partial charge in [0.15, 0.2) is 12.0 Å². The lowest BCUT2D eigenvalue weighted by atomic mass is 10.1. The Morgan fingerprint density at radius 1 is 1.50 bits per heavy atom. The fourth-order valence-corrected chi connectivity index (χ4v) is 1.91. The number of hydrogen-bond acceptors (Lipinski definition) is 5. The van der Waals surface area contributed by atoms with Crippen LogP contribution in [0.15, 0.2) is 29.0 Å². The molecule has 1 aromatic heterocycles. The molecule has 0 aliphatic carbocycles. The second-order valence-corrected chi connectivity index (χ2v) is 4.20. The Balaban J connectivity index is 2.37. The molecule has 0 saturated heterocycles. The topological polar surface area (TPSA) is 55.6 Å². The Kier molecular flexibility index (Phi) is 3.62. The molecule has 0 bridgehead atoms. The summed E-state index contributed by atoms with van der Waals surface area (Å²) in [6, 6.07) is 5.10. The Morgan fingerprint density at radius 2 is 2.28 bits per heavy atom. The predicted molar refractivity (Wildman–Crippen MR) is 67.1 cm³/mol. The van der Waals surface area contributed by atoms with Gasteiger partial charge in [0.25, 0.3) is 0 Å². The number of fused-ring (bicyclic) bond motifs is 1. The molecule has 96 valence electrons. The molecule has 5 heteroatoms. The molecule has 0 aliphatic heterocycles. The number of carbonyl (C=O) groups excluding carboxylic acids is 1. The van der Waals surface area contributed by atoms with Crippen molar-refractivity contribution in [3.05, 3.63) is 30.2 Å². The molecule has 1 heterocycles. The van der Waals surface area contributed by atoms with E-state index >= 15 is 0 Å². The van der Waals surface area contributed by atoms with Crippen LogP contribution in [0.2, 0.25) is 0 Å². The summed E-state index contributed by atoms with van der Waals surface area (Å²) in [6.07, 6.45) is 1.39. The van der Waals surface area contributed by atoms with Crippen LogP contribution >= 0.6 is 0 Å². The fraction of sp³-hybridized carbons (Fsp3) is 0.385. The number of oxazole rings is 1. The molecule has 0 saturated carbocycles. The van der Waals surface area contributed by atoms with Crippen molar-refractivity contribution in [1.29, 1.82) is 0 Å². The van der Waals surface area contributed by atoms with Crippen LogP contribution in [0.25, 0.3) is 11.1 Å². The standard InChI is InChI=1S/C13H16N2O3/c1-4-17-13(16)12(15(2)3)9-5-6-10-11(7-9)18-8-14-10/h5-8,12H,4H2,1-3H3. The van der Waals surface area contributed by atoms with Gasteiger partial charge in [-0.3, -0.25) is 4.90 Å². The minimum Gasteiger partial charge on any atom is -0.465 e. The summed E-state index contributed by atoms with van der Waals surface area (Å²) in [7, 11) is 3.68. The molecule has 18 heavy (non-hydrogen) atoms. The van der Waals surface area contributed by atoms with E-state index in [0.29, 0.717) is 12.2 Å². The maximum Gasteiger partial charge on any atom is 0.327 e. The van der Waals surface area contributed by atoms with Crippen molar-refractivity contribution in [1.82, 2.24) is 9.88 Å². The van der Waals surface area contributed by atoms with E-state index in [1.165, 1.54) is 6.39 Å². The number of esters is 1. The number of hydrogen-bond donors (Lipinski definition) is 0. The van der Waals surface area contributed by atoms with Gasteiger partial charge in [-0.15, -0.1) is 0 Å². The SMILES string of the molecule is CCOC(=O)C(c1ccc2ncoc2c1)N(C)C. The zero-order chi connectivity index (χ0) is 13.1. The summed E-state index contributed by atoms with van der Waals surface area (Å²) in [5.41, 5.74) is 2.28. The van der Waals surface area contributed by atoms with Gasteiger partial charge in [0.05, 0.1) is 6.61 Å². The summed E-state index contributed by atoms with van der Waals surface area (Å²) in [5.74, 6) is -0.263. The van der Waals surface area contributed by atoms with Gasteiger partial charge >= 0.3 is 5.97 Å². The molecule has 0 radical (unpaired) electrons. The highest BCUT2D eigenvalue weighted by atomic mass is 16.5. The van der Waals surface area contributed by atoms with Gasteiger partial charge in [-0.1, -0.05) is 6.07 Å². The third kappa shape index (κ3) is 2.36. The molecule has 2 rings (SSSR count). The highest BCUT2D eigenvalue weighted by Gasteiger charge is 2.24. The molecular formula is C13H16N2O3. The van der Waals surface area contributed by atoms with Crippen molar-refractivity contribution in [3.8, 4) is 0 Å². The number of benzene rings is 1. The third-order valence-electron chi connectivity index (χ3n) is 2.70. The van der Waals surface area contributed by atoms with Crippen LogP contribution < -0.4 is 0 Å². The van der Waals surface area contributed by atoms with E-state index in [1.54, 1.807) is 6.92 Å². The smallest absolute Gasteiger partial charge is 0.327 e. The average Bonchev–Trinajstić information content (AvgIpc) is 2.76. The molecule has 2 aromatic rings. The van der Waals surface area contributed by atoms with E-state index in [0.717, 1.165) is 11.1 Å². The van der Waals surface area contributed by atoms with Crippen LogP contribution in [0.1, 0.15) is 18.5 Å². The number of rotatable bonds is 4. The maximum atomic E-state index is 11.9. The molecule has 0 aliphatic rings. The largest absolute Gasteiger partial charge is 0.465 e. The minimum atomic E-state index is -0.431. The number of ether oxygens (including phenoxy) is 1. The summed E-state index contributed by atoms with van der Waals surface area (Å²) in [6.45, 7) is 2.16. The van der Waals surface area contributed by atoms with Crippen LogP contribution in [-0.4, -0.2) is 36.6 Å². The van der Waals surface area contributed by atoms with E-state index in [1.807, 2.05) is 37.2 Å². The monoisotopic (exact) mass is 248 g/mol. The molecule has 0 fully saturated rings. The number of likely N-dealkylation sites (N-methyl/N-ethyl adjacent to an activating group) is 1. The van der Waals surface area contributed by atoms with Gasteiger partial charge in [-0.25, -0.2) is 9.78 Å². The highest BCUT2D eigenvalue weighted by molar-refractivity contribution is 5.80. The van der Waals surface area contributed by atoms with Crippen LogP contribution in [0.3, 0.4) is 0 Å². The van der Waals surface area contributed by atoms with Crippen molar-refractivity contribution in [2.45, 2.75) is 13.0 Å². The first-order valence-corrected chi connectivity index (χ1v) is 5.79. The first-order valence-electron chi connectivity index (χ1n) is 5.79. The van der Waals surface area contributed by atoms with E-state index in [4.69, 9.17) is 9.15 Å². The lowest BCUT2D eigenvalue weighted by Gasteiger charge is -2.22. The van der Waals surface area contributed by atoms with E-state index in [2.05, 4.69) is 4.98 Å². The van der Waals surface area contributed by atoms with E-state index in [-0.39, 0.29) is 5.97 Å².